The summed E-state index contributed by atoms with van der Waals surface area (Å²) in [6, 6.07) is 8.93. The molecule has 2 aromatic carbocycles. The van der Waals surface area contributed by atoms with E-state index in [4.69, 9.17) is 15.3 Å². The normalized spacial score (nSPS) is 16.5. The Morgan fingerprint density at radius 1 is 1.14 bits per heavy atom. The molecule has 1 aromatic heterocycles. The molecule has 2 unspecified atom stereocenters. The zero-order valence-electron chi connectivity index (χ0n) is 20.3. The van der Waals surface area contributed by atoms with Crippen LogP contribution in [0.25, 0.3) is 10.9 Å². The molecule has 196 valence electrons. The topological polar surface area (TPSA) is 107 Å². The van der Waals surface area contributed by atoms with E-state index in [1.165, 1.54) is 30.2 Å². The van der Waals surface area contributed by atoms with Crippen molar-refractivity contribution in [2.24, 2.45) is 5.73 Å². The zero-order chi connectivity index (χ0) is 27.1. The van der Waals surface area contributed by atoms with Gasteiger partial charge >= 0.3 is 18.1 Å². The Hall–Kier alpha value is -4.06. The van der Waals surface area contributed by atoms with Crippen LogP contribution in [0.3, 0.4) is 0 Å². The minimum absolute atomic E-state index is 0.0133. The fourth-order valence-corrected chi connectivity index (χ4v) is 4.45. The van der Waals surface area contributed by atoms with E-state index in [-0.39, 0.29) is 23.5 Å². The maximum Gasteiger partial charge on any atom is 0.493 e. The SMILES string of the molecule is CCn1cc(C2C(=O)N(C(C)CN)c3cc(C(=O)OC)ccc3N2OC(=O)C(F)(F)F)c2ccccc21. The number of anilines is 2. The number of esters is 1. The van der Waals surface area contributed by atoms with E-state index in [1.807, 2.05) is 17.6 Å². The molecule has 3 aromatic rings. The van der Waals surface area contributed by atoms with Gasteiger partial charge in [0.05, 0.1) is 18.4 Å². The summed E-state index contributed by atoms with van der Waals surface area (Å²) in [4.78, 5) is 44.4. The summed E-state index contributed by atoms with van der Waals surface area (Å²) in [7, 11) is 1.17. The van der Waals surface area contributed by atoms with Crippen LogP contribution in [0.1, 0.15) is 35.8 Å². The molecule has 2 N–H and O–H groups in total. The number of hydrogen-bond acceptors (Lipinski definition) is 7. The maximum atomic E-state index is 14.1. The molecule has 0 radical (unpaired) electrons. The number of aryl methyl sites for hydroxylation is 1. The van der Waals surface area contributed by atoms with Crippen molar-refractivity contribution in [3.05, 3.63) is 59.8 Å². The van der Waals surface area contributed by atoms with Crippen molar-refractivity contribution in [2.45, 2.75) is 38.7 Å². The highest BCUT2D eigenvalue weighted by atomic mass is 19.4. The number of fused-ring (bicyclic) bond motifs is 2. The van der Waals surface area contributed by atoms with Crippen LogP contribution in [0.2, 0.25) is 0 Å². The Bertz CT molecular complexity index is 1370. The highest BCUT2D eigenvalue weighted by Gasteiger charge is 2.49. The van der Waals surface area contributed by atoms with Gasteiger partial charge in [-0.25, -0.2) is 9.59 Å². The molecule has 37 heavy (non-hydrogen) atoms. The van der Waals surface area contributed by atoms with Gasteiger partial charge in [-0.1, -0.05) is 18.2 Å². The average molecular weight is 518 g/mol. The lowest BCUT2D eigenvalue weighted by Crippen LogP contribution is -2.54. The number of aromatic nitrogens is 1. The van der Waals surface area contributed by atoms with Gasteiger partial charge in [0.2, 0.25) is 0 Å². The third kappa shape index (κ3) is 4.48. The van der Waals surface area contributed by atoms with E-state index in [2.05, 4.69) is 0 Å². The molecule has 0 fully saturated rings. The van der Waals surface area contributed by atoms with Crippen LogP contribution in [0.15, 0.2) is 48.7 Å². The number of nitrogens with two attached hydrogens (primary N) is 1. The molecular weight excluding hydrogens is 493 g/mol. The van der Waals surface area contributed by atoms with Crippen LogP contribution in [0, 0.1) is 0 Å². The quantitative estimate of drug-likeness (QED) is 0.496. The van der Waals surface area contributed by atoms with Gasteiger partial charge in [0.25, 0.3) is 5.91 Å². The largest absolute Gasteiger partial charge is 0.493 e. The predicted octanol–water partition coefficient (Wildman–Crippen LogP) is 3.71. The third-order valence-corrected chi connectivity index (χ3v) is 6.25. The van der Waals surface area contributed by atoms with Gasteiger partial charge < -0.3 is 24.8 Å². The number of alkyl halides is 3. The molecule has 1 aliphatic rings. The van der Waals surface area contributed by atoms with E-state index >= 15 is 0 Å². The van der Waals surface area contributed by atoms with E-state index in [9.17, 15) is 27.6 Å². The number of amides is 1. The summed E-state index contributed by atoms with van der Waals surface area (Å²) in [5, 5.41) is 1.27. The second-order valence-corrected chi connectivity index (χ2v) is 8.48. The summed E-state index contributed by atoms with van der Waals surface area (Å²) in [5.41, 5.74) is 7.05. The van der Waals surface area contributed by atoms with Gasteiger partial charge in [-0.15, -0.1) is 0 Å². The molecule has 0 bridgehead atoms. The molecule has 1 amide bonds. The lowest BCUT2D eigenvalue weighted by atomic mass is 9.98. The average Bonchev–Trinajstić information content (AvgIpc) is 3.25. The Kier molecular flexibility index (Phi) is 6.87. The first-order chi connectivity index (χ1) is 17.5. The number of hydrogen-bond donors (Lipinski definition) is 1. The van der Waals surface area contributed by atoms with E-state index in [0.29, 0.717) is 22.6 Å². The van der Waals surface area contributed by atoms with Gasteiger partial charge in [-0.2, -0.15) is 18.2 Å². The van der Waals surface area contributed by atoms with Crippen molar-refractivity contribution >= 4 is 40.1 Å². The standard InChI is InChI=1S/C25H25F3N4O5/c1-4-30-13-17(16-7-5-6-8-18(16)30)21-22(33)31(14(2)12-29)20-11-15(23(34)36-3)9-10-19(20)32(21)37-24(35)25(26,27)28/h5-11,13-14,21H,4,12,29H2,1-3H3. The second-order valence-electron chi connectivity index (χ2n) is 8.48. The summed E-state index contributed by atoms with van der Waals surface area (Å²) < 4.78 is 46.5. The molecule has 0 spiro atoms. The van der Waals surface area contributed by atoms with E-state index < -0.39 is 36.1 Å². The molecule has 4 rings (SSSR count). The van der Waals surface area contributed by atoms with E-state index in [1.54, 1.807) is 31.3 Å². The number of nitrogens with zero attached hydrogens (tertiary/aromatic N) is 3. The first-order valence-electron chi connectivity index (χ1n) is 11.4. The van der Waals surface area contributed by atoms with Crippen LogP contribution in [0.4, 0.5) is 24.5 Å². The fraction of sp³-hybridized carbons (Fsp3) is 0.320. The number of rotatable bonds is 6. The smallest absolute Gasteiger partial charge is 0.465 e. The lowest BCUT2D eigenvalue weighted by Gasteiger charge is -2.43. The van der Waals surface area contributed by atoms with Gasteiger partial charge in [0, 0.05) is 41.8 Å². The second kappa shape index (κ2) is 9.77. The molecule has 0 saturated heterocycles. The molecule has 9 nitrogen and oxygen atoms in total. The van der Waals surface area contributed by atoms with Crippen LogP contribution in [-0.4, -0.2) is 48.3 Å². The molecule has 12 heteroatoms. The minimum Gasteiger partial charge on any atom is -0.465 e. The molecule has 1 aliphatic heterocycles. The monoisotopic (exact) mass is 518 g/mol. The van der Waals surface area contributed by atoms with Crippen LogP contribution in [-0.2, 0) is 25.7 Å². The summed E-state index contributed by atoms with van der Waals surface area (Å²) in [5.74, 6) is -3.89. The number of ether oxygens (including phenoxy) is 1. The summed E-state index contributed by atoms with van der Waals surface area (Å²) >= 11 is 0. The molecular formula is C25H25F3N4O5. The first-order valence-corrected chi connectivity index (χ1v) is 11.4. The van der Waals surface area contributed by atoms with Crippen LogP contribution < -0.4 is 15.7 Å². The highest BCUT2D eigenvalue weighted by Crippen LogP contribution is 2.45. The third-order valence-electron chi connectivity index (χ3n) is 6.25. The lowest BCUT2D eigenvalue weighted by molar-refractivity contribution is -0.202. The Balaban J connectivity index is 2.00. The summed E-state index contributed by atoms with van der Waals surface area (Å²) in [6.45, 7) is 4.08. The molecule has 0 saturated carbocycles. The number of carbonyl (C=O) groups excluding carboxylic acids is 3. The van der Waals surface area contributed by atoms with Crippen molar-refractivity contribution in [3.63, 3.8) is 0 Å². The van der Waals surface area contributed by atoms with Gasteiger partial charge in [0.15, 0.2) is 6.04 Å². The number of halogens is 3. The molecule has 2 heterocycles. The maximum absolute atomic E-state index is 14.1. The number of carbonyl (C=O) groups is 3. The first kappa shape index (κ1) is 26.0. The predicted molar refractivity (Wildman–Crippen MR) is 129 cm³/mol. The Morgan fingerprint density at radius 3 is 2.46 bits per heavy atom. The Morgan fingerprint density at radius 2 is 1.84 bits per heavy atom. The van der Waals surface area contributed by atoms with Gasteiger partial charge in [-0.3, -0.25) is 4.79 Å². The fourth-order valence-electron chi connectivity index (χ4n) is 4.45. The van der Waals surface area contributed by atoms with Gasteiger partial charge in [0.1, 0.15) is 5.69 Å². The molecule has 0 aliphatic carbocycles. The Labute approximate surface area is 210 Å². The number of methoxy groups -OCH3 is 1. The van der Waals surface area contributed by atoms with Crippen molar-refractivity contribution in [1.82, 2.24) is 4.57 Å². The number of para-hydroxylation sites is 1. The van der Waals surface area contributed by atoms with Crippen LogP contribution in [0.5, 0.6) is 0 Å². The number of benzene rings is 2. The van der Waals surface area contributed by atoms with Crippen molar-refractivity contribution in [1.29, 1.82) is 0 Å². The highest BCUT2D eigenvalue weighted by molar-refractivity contribution is 6.09. The van der Waals surface area contributed by atoms with Crippen molar-refractivity contribution < 1.29 is 37.1 Å². The minimum atomic E-state index is -5.32. The van der Waals surface area contributed by atoms with Crippen LogP contribution >= 0.6 is 0 Å². The van der Waals surface area contributed by atoms with Crippen molar-refractivity contribution in [3.8, 4) is 0 Å². The van der Waals surface area contributed by atoms with Crippen molar-refractivity contribution in [2.75, 3.05) is 23.6 Å². The zero-order valence-corrected chi connectivity index (χ0v) is 20.3. The van der Waals surface area contributed by atoms with E-state index in [0.717, 1.165) is 5.52 Å². The summed E-state index contributed by atoms with van der Waals surface area (Å²) in [6.07, 6.45) is -3.67. The molecule has 2 atom stereocenters. The number of hydroxylamine groups is 1. The van der Waals surface area contributed by atoms with Gasteiger partial charge in [-0.05, 0) is 38.1 Å².